The fraction of sp³-hybridized carbons (Fsp3) is 0.909. The van der Waals surface area contributed by atoms with E-state index in [2.05, 4.69) is 0 Å². The summed E-state index contributed by atoms with van der Waals surface area (Å²) in [6.45, 7) is 4.94. The van der Waals surface area contributed by atoms with Crippen LogP contribution in [0.25, 0.3) is 0 Å². The van der Waals surface area contributed by atoms with Crippen molar-refractivity contribution in [2.75, 3.05) is 6.61 Å². The van der Waals surface area contributed by atoms with E-state index in [0.29, 0.717) is 6.42 Å². The first kappa shape index (κ1) is 12.0. The number of ketones is 1. The van der Waals surface area contributed by atoms with E-state index < -0.39 is 23.1 Å². The molecule has 0 amide bonds. The van der Waals surface area contributed by atoms with Crippen molar-refractivity contribution in [3.63, 3.8) is 0 Å². The summed E-state index contributed by atoms with van der Waals surface area (Å²) in [5.74, 6) is -1.40. The van der Waals surface area contributed by atoms with Crippen LogP contribution in [0.2, 0.25) is 0 Å². The third-order valence-corrected chi connectivity index (χ3v) is 3.74. The van der Waals surface area contributed by atoms with Gasteiger partial charge >= 0.3 is 0 Å². The van der Waals surface area contributed by atoms with Gasteiger partial charge in [-0.05, 0) is 27.2 Å². The largest absolute Gasteiger partial charge is 0.382 e. The molecule has 0 aromatic rings. The zero-order chi connectivity index (χ0) is 12.2. The third kappa shape index (κ3) is 1.43. The minimum Gasteiger partial charge on any atom is -0.382 e. The van der Waals surface area contributed by atoms with E-state index in [1.54, 1.807) is 13.8 Å². The predicted octanol–water partition coefficient (Wildman–Crippen LogP) is 0.188. The summed E-state index contributed by atoms with van der Waals surface area (Å²) in [7, 11) is 0. The molecule has 3 atom stereocenters. The molecule has 2 N–H and O–H groups in total. The molecule has 5 heteroatoms. The molecule has 5 nitrogen and oxygen atoms in total. The molecule has 2 unspecified atom stereocenters. The van der Waals surface area contributed by atoms with Gasteiger partial charge in [0.2, 0.25) is 0 Å². The Morgan fingerprint density at radius 3 is 2.44 bits per heavy atom. The Bertz CT molecular complexity index is 322. The maximum atomic E-state index is 12.1. The summed E-state index contributed by atoms with van der Waals surface area (Å²) in [4.78, 5) is 12.1. The highest BCUT2D eigenvalue weighted by atomic mass is 16.8. The van der Waals surface area contributed by atoms with E-state index in [1.807, 2.05) is 0 Å². The first-order chi connectivity index (χ1) is 7.21. The Kier molecular flexibility index (Phi) is 2.44. The number of hydrogen-bond acceptors (Lipinski definition) is 5. The van der Waals surface area contributed by atoms with E-state index in [-0.39, 0.29) is 18.8 Å². The average molecular weight is 230 g/mol. The molecule has 92 valence electrons. The Hall–Kier alpha value is -0.490. The zero-order valence-electron chi connectivity index (χ0n) is 9.82. The highest BCUT2D eigenvalue weighted by molar-refractivity contribution is 5.93. The summed E-state index contributed by atoms with van der Waals surface area (Å²) in [6.07, 6.45) is -0.312. The number of carbonyl (C=O) groups excluding carboxylic acids is 1. The Labute approximate surface area is 94.4 Å². The first-order valence-electron chi connectivity index (χ1n) is 5.48. The summed E-state index contributed by atoms with van der Waals surface area (Å²) in [5.41, 5.74) is -2.30. The van der Waals surface area contributed by atoms with Gasteiger partial charge < -0.3 is 19.7 Å². The highest BCUT2D eigenvalue weighted by Gasteiger charge is 2.63. The Morgan fingerprint density at radius 1 is 1.31 bits per heavy atom. The maximum absolute atomic E-state index is 12.1. The van der Waals surface area contributed by atoms with Crippen LogP contribution in [0.4, 0.5) is 0 Å². The van der Waals surface area contributed by atoms with Crippen molar-refractivity contribution >= 4 is 5.78 Å². The van der Waals surface area contributed by atoms with E-state index in [1.165, 1.54) is 6.92 Å². The van der Waals surface area contributed by atoms with Gasteiger partial charge in [-0.3, -0.25) is 4.79 Å². The Morgan fingerprint density at radius 2 is 1.94 bits per heavy atom. The van der Waals surface area contributed by atoms with Crippen LogP contribution in [0, 0.1) is 5.41 Å². The quantitative estimate of drug-likeness (QED) is 0.621. The van der Waals surface area contributed by atoms with Crippen LogP contribution in [0.5, 0.6) is 0 Å². The third-order valence-electron chi connectivity index (χ3n) is 3.74. The van der Waals surface area contributed by atoms with E-state index in [9.17, 15) is 15.0 Å². The molecule has 2 fully saturated rings. The molecular weight excluding hydrogens is 212 g/mol. The topological polar surface area (TPSA) is 76.0 Å². The molecule has 1 saturated carbocycles. The summed E-state index contributed by atoms with van der Waals surface area (Å²) < 4.78 is 10.8. The molecule has 2 aliphatic rings. The number of hydrogen-bond donors (Lipinski definition) is 2. The van der Waals surface area contributed by atoms with Crippen molar-refractivity contribution in [3.05, 3.63) is 0 Å². The van der Waals surface area contributed by atoms with Crippen LogP contribution in [0.3, 0.4) is 0 Å². The second-order valence-corrected chi connectivity index (χ2v) is 5.36. The maximum Gasteiger partial charge on any atom is 0.183 e. The lowest BCUT2D eigenvalue weighted by molar-refractivity contribution is -0.272. The highest BCUT2D eigenvalue weighted by Crippen LogP contribution is 2.50. The summed E-state index contributed by atoms with van der Waals surface area (Å²) in [5, 5.41) is 19.3. The smallest absolute Gasteiger partial charge is 0.183 e. The standard InChI is InChI=1S/C11H18O5/c1-9(2)8(13)10(3,14)4-5-11(9)15-6-7(12)16-11/h7,12,14H,4-6H2,1-3H3/t7-,10?,11?/m0/s1. The number of aliphatic hydroxyl groups excluding tert-OH is 1. The monoisotopic (exact) mass is 230 g/mol. The van der Waals surface area contributed by atoms with Crippen molar-refractivity contribution in [2.24, 2.45) is 5.41 Å². The summed E-state index contributed by atoms with van der Waals surface area (Å²) in [6, 6.07) is 0. The normalized spacial score (nSPS) is 47.6. The lowest BCUT2D eigenvalue weighted by Crippen LogP contribution is -2.62. The van der Waals surface area contributed by atoms with Crippen LogP contribution < -0.4 is 0 Å². The van der Waals surface area contributed by atoms with Gasteiger partial charge in [0.15, 0.2) is 17.9 Å². The van der Waals surface area contributed by atoms with Gasteiger partial charge in [-0.25, -0.2) is 0 Å². The molecule has 16 heavy (non-hydrogen) atoms. The van der Waals surface area contributed by atoms with Gasteiger partial charge in [-0.2, -0.15) is 0 Å². The molecule has 1 aliphatic heterocycles. The van der Waals surface area contributed by atoms with Crippen molar-refractivity contribution in [1.29, 1.82) is 0 Å². The van der Waals surface area contributed by atoms with Gasteiger partial charge in [-0.15, -0.1) is 0 Å². The molecule has 2 rings (SSSR count). The van der Waals surface area contributed by atoms with Gasteiger partial charge in [0, 0.05) is 6.42 Å². The molecule has 0 radical (unpaired) electrons. The Balaban J connectivity index is 2.34. The molecule has 1 heterocycles. The van der Waals surface area contributed by atoms with Gasteiger partial charge in [0.25, 0.3) is 0 Å². The predicted molar refractivity (Wildman–Crippen MR) is 54.4 cm³/mol. The van der Waals surface area contributed by atoms with Crippen LogP contribution in [-0.4, -0.2) is 40.3 Å². The second kappa shape index (κ2) is 3.26. The van der Waals surface area contributed by atoms with Crippen LogP contribution in [-0.2, 0) is 14.3 Å². The van der Waals surface area contributed by atoms with E-state index in [4.69, 9.17) is 9.47 Å². The van der Waals surface area contributed by atoms with Crippen molar-refractivity contribution in [2.45, 2.75) is 51.3 Å². The molecule has 0 aromatic carbocycles. The molecule has 1 aliphatic carbocycles. The van der Waals surface area contributed by atoms with Gasteiger partial charge in [0.1, 0.15) is 12.2 Å². The minimum atomic E-state index is -1.34. The second-order valence-electron chi connectivity index (χ2n) is 5.36. The molecular formula is C11H18O5. The van der Waals surface area contributed by atoms with Crippen molar-refractivity contribution in [1.82, 2.24) is 0 Å². The van der Waals surface area contributed by atoms with Crippen LogP contribution in [0.15, 0.2) is 0 Å². The lowest BCUT2D eigenvalue weighted by atomic mass is 9.65. The summed E-state index contributed by atoms with van der Waals surface area (Å²) >= 11 is 0. The fourth-order valence-electron chi connectivity index (χ4n) is 2.63. The van der Waals surface area contributed by atoms with Crippen LogP contribution in [0.1, 0.15) is 33.6 Å². The first-order valence-corrected chi connectivity index (χ1v) is 5.48. The average Bonchev–Trinajstić information content (AvgIpc) is 2.56. The zero-order valence-corrected chi connectivity index (χ0v) is 9.82. The molecule has 0 bridgehead atoms. The lowest BCUT2D eigenvalue weighted by Gasteiger charge is -2.48. The van der Waals surface area contributed by atoms with Crippen LogP contribution >= 0.6 is 0 Å². The van der Waals surface area contributed by atoms with Crippen molar-refractivity contribution < 1.29 is 24.5 Å². The minimum absolute atomic E-state index is 0.0683. The molecule has 0 aromatic heterocycles. The van der Waals surface area contributed by atoms with Gasteiger partial charge in [0.05, 0.1) is 5.41 Å². The van der Waals surface area contributed by atoms with Gasteiger partial charge in [-0.1, -0.05) is 0 Å². The van der Waals surface area contributed by atoms with E-state index in [0.717, 1.165) is 0 Å². The number of ether oxygens (including phenoxy) is 2. The van der Waals surface area contributed by atoms with E-state index >= 15 is 0 Å². The fourth-order valence-corrected chi connectivity index (χ4v) is 2.63. The van der Waals surface area contributed by atoms with Crippen molar-refractivity contribution in [3.8, 4) is 0 Å². The number of rotatable bonds is 0. The number of carbonyl (C=O) groups is 1. The number of aliphatic hydroxyl groups is 2. The number of Topliss-reactive ketones (excluding diaryl/α,β-unsaturated/α-hetero) is 1. The molecule has 1 saturated heterocycles. The SMILES string of the molecule is CC1(O)CCC2(OC[C@@H](O)O2)C(C)(C)C1=O. The molecule has 1 spiro atoms.